The highest BCUT2D eigenvalue weighted by Crippen LogP contribution is 2.34. The van der Waals surface area contributed by atoms with Crippen LogP contribution in [0.3, 0.4) is 0 Å². The summed E-state index contributed by atoms with van der Waals surface area (Å²) < 4.78 is 39.0. The summed E-state index contributed by atoms with van der Waals surface area (Å²) in [6.45, 7) is 3.65. The smallest absolute Gasteiger partial charge is 0.376 e. The van der Waals surface area contributed by atoms with Crippen LogP contribution >= 0.6 is 0 Å². The lowest BCUT2D eigenvalue weighted by Crippen LogP contribution is -2.44. The molecule has 1 aliphatic rings. The Hall–Kier alpha value is -2.74. The minimum absolute atomic E-state index is 0.115. The van der Waals surface area contributed by atoms with Crippen molar-refractivity contribution in [3.63, 3.8) is 0 Å². The molecule has 0 aromatic heterocycles. The van der Waals surface area contributed by atoms with E-state index in [0.717, 1.165) is 37.9 Å². The molecule has 1 saturated heterocycles. The number of likely N-dealkylation sites (N-methyl/N-ethyl adjacent to an activating group) is 1. The maximum Gasteiger partial charge on any atom is 0.418 e. The zero-order chi connectivity index (χ0) is 20.1. The number of alkyl halides is 3. The maximum absolute atomic E-state index is 13.0. The SMILES string of the molecule is CN1CCN(c2ccc(NC(=O)CNc3ccccc3C(F)(F)F)cc2)CC1. The van der Waals surface area contributed by atoms with Crippen LogP contribution in [0, 0.1) is 0 Å². The molecule has 1 heterocycles. The van der Waals surface area contributed by atoms with Gasteiger partial charge in [0.05, 0.1) is 12.1 Å². The molecule has 0 spiro atoms. The van der Waals surface area contributed by atoms with Crippen LogP contribution in [0.25, 0.3) is 0 Å². The Kier molecular flexibility index (Phi) is 6.08. The standard InChI is InChI=1S/C20H23F3N4O/c1-26-10-12-27(13-11-26)16-8-6-15(7-9-16)25-19(28)14-24-18-5-3-2-4-17(18)20(21,22)23/h2-9,24H,10-14H2,1H3,(H,25,28). The molecule has 0 bridgehead atoms. The molecule has 0 unspecified atom stereocenters. The molecular formula is C20H23F3N4O. The van der Waals surface area contributed by atoms with Gasteiger partial charge in [-0.3, -0.25) is 4.79 Å². The van der Waals surface area contributed by atoms with E-state index < -0.39 is 17.6 Å². The Morgan fingerprint density at radius 3 is 2.29 bits per heavy atom. The average molecular weight is 392 g/mol. The second kappa shape index (κ2) is 8.52. The van der Waals surface area contributed by atoms with Crippen LogP contribution in [-0.4, -0.2) is 50.6 Å². The van der Waals surface area contributed by atoms with Crippen molar-refractivity contribution in [2.45, 2.75) is 6.18 Å². The number of para-hydroxylation sites is 1. The Labute approximate surface area is 162 Å². The predicted molar refractivity (Wildman–Crippen MR) is 105 cm³/mol. The lowest BCUT2D eigenvalue weighted by atomic mass is 10.1. The van der Waals surface area contributed by atoms with Gasteiger partial charge in [0.2, 0.25) is 5.91 Å². The van der Waals surface area contributed by atoms with Crippen molar-refractivity contribution in [1.82, 2.24) is 4.90 Å². The van der Waals surface area contributed by atoms with Gasteiger partial charge in [0.1, 0.15) is 0 Å². The molecule has 0 radical (unpaired) electrons. The number of nitrogens with zero attached hydrogens (tertiary/aromatic N) is 2. The number of hydrogen-bond donors (Lipinski definition) is 2. The first-order valence-electron chi connectivity index (χ1n) is 9.06. The maximum atomic E-state index is 13.0. The number of carbonyl (C=O) groups is 1. The molecule has 2 aromatic carbocycles. The van der Waals surface area contributed by atoms with Gasteiger partial charge in [-0.2, -0.15) is 13.2 Å². The molecule has 0 saturated carbocycles. The molecule has 8 heteroatoms. The largest absolute Gasteiger partial charge is 0.418 e. The van der Waals surface area contributed by atoms with E-state index in [1.165, 1.54) is 18.2 Å². The van der Waals surface area contributed by atoms with Gasteiger partial charge in [-0.25, -0.2) is 0 Å². The number of anilines is 3. The van der Waals surface area contributed by atoms with E-state index in [1.54, 1.807) is 12.1 Å². The normalized spacial score (nSPS) is 15.4. The number of carbonyl (C=O) groups excluding carboxylic acids is 1. The quantitative estimate of drug-likeness (QED) is 0.818. The van der Waals surface area contributed by atoms with Crippen molar-refractivity contribution in [2.24, 2.45) is 0 Å². The van der Waals surface area contributed by atoms with Crippen LogP contribution in [0.5, 0.6) is 0 Å². The lowest BCUT2D eigenvalue weighted by molar-refractivity contribution is -0.137. The first-order chi connectivity index (χ1) is 13.3. The molecule has 28 heavy (non-hydrogen) atoms. The van der Waals surface area contributed by atoms with Crippen molar-refractivity contribution in [3.05, 3.63) is 54.1 Å². The highest BCUT2D eigenvalue weighted by molar-refractivity contribution is 5.94. The first kappa shape index (κ1) is 20.0. The van der Waals surface area contributed by atoms with Gasteiger partial charge in [0, 0.05) is 43.2 Å². The third-order valence-corrected chi connectivity index (χ3v) is 4.69. The topological polar surface area (TPSA) is 47.6 Å². The molecule has 1 fully saturated rings. The summed E-state index contributed by atoms with van der Waals surface area (Å²) in [5, 5.41) is 5.26. The highest BCUT2D eigenvalue weighted by atomic mass is 19.4. The van der Waals surface area contributed by atoms with E-state index in [4.69, 9.17) is 0 Å². The van der Waals surface area contributed by atoms with Crippen molar-refractivity contribution >= 4 is 23.0 Å². The Morgan fingerprint density at radius 1 is 1.00 bits per heavy atom. The zero-order valence-corrected chi connectivity index (χ0v) is 15.6. The van der Waals surface area contributed by atoms with Crippen molar-refractivity contribution in [2.75, 3.05) is 55.3 Å². The Balaban J connectivity index is 1.54. The second-order valence-corrected chi connectivity index (χ2v) is 6.78. The number of amides is 1. The highest BCUT2D eigenvalue weighted by Gasteiger charge is 2.33. The summed E-state index contributed by atoms with van der Waals surface area (Å²) in [5.41, 5.74) is 0.784. The number of piperazine rings is 1. The molecule has 0 aliphatic carbocycles. The van der Waals surface area contributed by atoms with Gasteiger partial charge in [0.15, 0.2) is 0 Å². The summed E-state index contributed by atoms with van der Waals surface area (Å²) >= 11 is 0. The summed E-state index contributed by atoms with van der Waals surface area (Å²) in [6.07, 6.45) is -4.47. The summed E-state index contributed by atoms with van der Waals surface area (Å²) in [7, 11) is 2.09. The van der Waals surface area contributed by atoms with Gasteiger partial charge in [-0.1, -0.05) is 12.1 Å². The molecule has 2 aromatic rings. The Bertz CT molecular complexity index is 800. The third-order valence-electron chi connectivity index (χ3n) is 4.69. The molecule has 150 valence electrons. The number of nitrogens with one attached hydrogen (secondary N) is 2. The minimum atomic E-state index is -4.47. The van der Waals surface area contributed by atoms with Gasteiger partial charge < -0.3 is 20.4 Å². The van der Waals surface area contributed by atoms with Crippen LogP contribution in [0.4, 0.5) is 30.2 Å². The average Bonchev–Trinajstić information content (AvgIpc) is 2.67. The van der Waals surface area contributed by atoms with Gasteiger partial charge >= 0.3 is 6.18 Å². The van der Waals surface area contributed by atoms with Gasteiger partial charge in [-0.05, 0) is 43.4 Å². The van der Waals surface area contributed by atoms with E-state index in [9.17, 15) is 18.0 Å². The van der Waals surface area contributed by atoms with Crippen molar-refractivity contribution in [3.8, 4) is 0 Å². The van der Waals surface area contributed by atoms with Crippen molar-refractivity contribution < 1.29 is 18.0 Å². The molecule has 2 N–H and O–H groups in total. The summed E-state index contributed by atoms with van der Waals surface area (Å²) in [4.78, 5) is 16.7. The fourth-order valence-electron chi connectivity index (χ4n) is 3.09. The fraction of sp³-hybridized carbons (Fsp3) is 0.350. The van der Waals surface area contributed by atoms with E-state index >= 15 is 0 Å². The molecule has 0 atom stereocenters. The molecule has 1 amide bonds. The second-order valence-electron chi connectivity index (χ2n) is 6.78. The third kappa shape index (κ3) is 5.16. The Morgan fingerprint density at radius 2 is 1.64 bits per heavy atom. The van der Waals surface area contributed by atoms with E-state index in [0.29, 0.717) is 5.69 Å². The minimum Gasteiger partial charge on any atom is -0.376 e. The lowest BCUT2D eigenvalue weighted by Gasteiger charge is -2.34. The molecule has 1 aliphatic heterocycles. The van der Waals surface area contributed by atoms with Crippen LogP contribution in [0.15, 0.2) is 48.5 Å². The fourth-order valence-corrected chi connectivity index (χ4v) is 3.09. The molecule has 3 rings (SSSR count). The monoisotopic (exact) mass is 392 g/mol. The number of halogens is 3. The number of benzene rings is 2. The summed E-state index contributed by atoms with van der Waals surface area (Å²) in [6, 6.07) is 12.6. The van der Waals surface area contributed by atoms with Crippen LogP contribution in [-0.2, 0) is 11.0 Å². The van der Waals surface area contributed by atoms with Gasteiger partial charge in [0.25, 0.3) is 0 Å². The number of rotatable bonds is 5. The van der Waals surface area contributed by atoms with Crippen molar-refractivity contribution in [1.29, 1.82) is 0 Å². The van der Waals surface area contributed by atoms with Crippen LogP contribution < -0.4 is 15.5 Å². The van der Waals surface area contributed by atoms with E-state index in [2.05, 4.69) is 27.5 Å². The van der Waals surface area contributed by atoms with Gasteiger partial charge in [-0.15, -0.1) is 0 Å². The zero-order valence-electron chi connectivity index (χ0n) is 15.6. The number of hydrogen-bond acceptors (Lipinski definition) is 4. The molecule has 5 nitrogen and oxygen atoms in total. The first-order valence-corrected chi connectivity index (χ1v) is 9.06. The summed E-state index contributed by atoms with van der Waals surface area (Å²) in [5.74, 6) is -0.413. The van der Waals surface area contributed by atoms with Crippen LogP contribution in [0.2, 0.25) is 0 Å². The van der Waals surface area contributed by atoms with E-state index in [1.807, 2.05) is 12.1 Å². The van der Waals surface area contributed by atoms with E-state index in [-0.39, 0.29) is 12.2 Å². The van der Waals surface area contributed by atoms with Crippen LogP contribution in [0.1, 0.15) is 5.56 Å². The molecular weight excluding hydrogens is 369 g/mol. The predicted octanol–water partition coefficient (Wildman–Crippen LogP) is 3.51.